The Hall–Kier alpha value is -0.820. The molecule has 0 aliphatic rings. The molecular formula is C12H20ClN3O2S. The second-order valence-corrected chi connectivity index (χ2v) is 7.01. The van der Waals surface area contributed by atoms with E-state index in [2.05, 4.69) is 4.72 Å². The molecule has 1 rings (SSSR count). The maximum Gasteiger partial charge on any atom is 0.242 e. The van der Waals surface area contributed by atoms with Crippen LogP contribution in [-0.2, 0) is 10.0 Å². The lowest BCUT2D eigenvalue weighted by molar-refractivity contribution is 0.370. The number of halogens is 1. The molecule has 0 spiro atoms. The number of hydrogen-bond donors (Lipinski definition) is 2. The number of hydrogen-bond acceptors (Lipinski definition) is 4. The normalized spacial score (nSPS) is 13.8. The number of nitrogens with one attached hydrogen (secondary N) is 1. The van der Waals surface area contributed by atoms with Gasteiger partial charge in [0.25, 0.3) is 0 Å². The van der Waals surface area contributed by atoms with Crippen LogP contribution in [0.1, 0.15) is 12.5 Å². The van der Waals surface area contributed by atoms with Crippen molar-refractivity contribution in [2.75, 3.05) is 26.4 Å². The van der Waals surface area contributed by atoms with E-state index < -0.39 is 10.0 Å². The fraction of sp³-hybridized carbons (Fsp3) is 0.500. The van der Waals surface area contributed by atoms with Gasteiger partial charge in [-0.2, -0.15) is 0 Å². The van der Waals surface area contributed by atoms with E-state index in [-0.39, 0.29) is 16.0 Å². The molecule has 5 nitrogen and oxygen atoms in total. The Balaban J connectivity index is 3.04. The Bertz CT molecular complexity index is 558. The van der Waals surface area contributed by atoms with E-state index in [1.807, 2.05) is 19.0 Å². The molecule has 0 radical (unpaired) electrons. The molecule has 0 fully saturated rings. The Kier molecular flexibility index (Phi) is 5.20. The van der Waals surface area contributed by atoms with Crippen LogP contribution >= 0.6 is 11.6 Å². The third-order valence-electron chi connectivity index (χ3n) is 2.61. The van der Waals surface area contributed by atoms with Gasteiger partial charge in [-0.25, -0.2) is 13.1 Å². The number of anilines is 1. The third-order valence-corrected chi connectivity index (χ3v) is 4.66. The second kappa shape index (κ2) is 6.09. The molecule has 0 bridgehead atoms. The van der Waals surface area contributed by atoms with Crippen LogP contribution in [0, 0.1) is 6.92 Å². The monoisotopic (exact) mass is 305 g/mol. The first-order valence-corrected chi connectivity index (χ1v) is 7.72. The summed E-state index contributed by atoms with van der Waals surface area (Å²) >= 11 is 5.99. The van der Waals surface area contributed by atoms with Crippen molar-refractivity contribution < 1.29 is 8.42 Å². The predicted molar refractivity (Wildman–Crippen MR) is 78.9 cm³/mol. The van der Waals surface area contributed by atoms with Crippen LogP contribution in [0.3, 0.4) is 0 Å². The lowest BCUT2D eigenvalue weighted by atomic mass is 10.2. The number of rotatable bonds is 5. The Labute approximate surface area is 119 Å². The molecule has 1 atom stereocenters. The molecule has 0 aliphatic heterocycles. The summed E-state index contributed by atoms with van der Waals surface area (Å²) in [5, 5.41) is 0.177. The summed E-state index contributed by atoms with van der Waals surface area (Å²) in [4.78, 5) is 1.92. The highest BCUT2D eigenvalue weighted by Crippen LogP contribution is 2.26. The van der Waals surface area contributed by atoms with E-state index in [4.69, 9.17) is 17.3 Å². The van der Waals surface area contributed by atoms with Crippen LogP contribution in [-0.4, -0.2) is 40.0 Å². The minimum absolute atomic E-state index is 0.0165. The zero-order chi connectivity index (χ0) is 14.8. The number of nitrogens with zero attached hydrogens (tertiary/aromatic N) is 1. The van der Waals surface area contributed by atoms with Gasteiger partial charge in [-0.3, -0.25) is 0 Å². The minimum Gasteiger partial charge on any atom is -0.398 e. The molecule has 3 N–H and O–H groups in total. The summed E-state index contributed by atoms with van der Waals surface area (Å²) in [6, 6.07) is 2.73. The highest BCUT2D eigenvalue weighted by molar-refractivity contribution is 7.89. The summed E-state index contributed by atoms with van der Waals surface area (Å²) in [7, 11) is 0.0896. The van der Waals surface area contributed by atoms with Crippen LogP contribution in [0.2, 0.25) is 5.02 Å². The standard InChI is InChI=1S/C12H20ClN3O2S/c1-8-5-10(13)12(6-11(8)14)19(17,18)15-9(2)7-16(3)4/h5-6,9,15H,7,14H2,1-4H3. The van der Waals surface area contributed by atoms with Gasteiger partial charge in [-0.05, 0) is 45.6 Å². The lowest BCUT2D eigenvalue weighted by Crippen LogP contribution is -2.39. The Morgan fingerprint density at radius 2 is 2.00 bits per heavy atom. The summed E-state index contributed by atoms with van der Waals surface area (Å²) < 4.78 is 27.1. The van der Waals surface area contributed by atoms with Crippen LogP contribution in [0.5, 0.6) is 0 Å². The van der Waals surface area contributed by atoms with Gasteiger partial charge < -0.3 is 10.6 Å². The van der Waals surface area contributed by atoms with Crippen LogP contribution in [0.25, 0.3) is 0 Å². The van der Waals surface area contributed by atoms with E-state index in [0.29, 0.717) is 12.2 Å². The fourth-order valence-electron chi connectivity index (χ4n) is 1.79. The zero-order valence-corrected chi connectivity index (χ0v) is 13.1. The lowest BCUT2D eigenvalue weighted by Gasteiger charge is -2.19. The predicted octanol–water partition coefficient (Wildman–Crippen LogP) is 1.46. The molecular weight excluding hydrogens is 286 g/mol. The Morgan fingerprint density at radius 1 is 1.42 bits per heavy atom. The molecule has 0 saturated heterocycles. The van der Waals surface area contributed by atoms with Gasteiger partial charge in [0.2, 0.25) is 10.0 Å². The molecule has 1 aromatic rings. The van der Waals surface area contributed by atoms with Gasteiger partial charge in [-0.1, -0.05) is 11.6 Å². The molecule has 0 aliphatic carbocycles. The molecule has 0 amide bonds. The van der Waals surface area contributed by atoms with Gasteiger partial charge in [0, 0.05) is 18.3 Å². The van der Waals surface area contributed by atoms with Crippen molar-refractivity contribution in [3.63, 3.8) is 0 Å². The van der Waals surface area contributed by atoms with Gasteiger partial charge in [0.15, 0.2) is 0 Å². The molecule has 0 saturated carbocycles. The van der Waals surface area contributed by atoms with Crippen molar-refractivity contribution in [3.05, 3.63) is 22.7 Å². The van der Waals surface area contributed by atoms with E-state index in [1.165, 1.54) is 6.07 Å². The number of benzene rings is 1. The summed E-state index contributed by atoms with van der Waals surface area (Å²) in [6.45, 7) is 4.17. The number of likely N-dealkylation sites (N-methyl/N-ethyl adjacent to an activating group) is 1. The van der Waals surface area contributed by atoms with Gasteiger partial charge in [-0.15, -0.1) is 0 Å². The third kappa shape index (κ3) is 4.35. The second-order valence-electron chi connectivity index (χ2n) is 4.92. The van der Waals surface area contributed by atoms with E-state index >= 15 is 0 Å². The fourth-order valence-corrected chi connectivity index (χ4v) is 3.64. The maximum absolute atomic E-state index is 12.2. The average Bonchev–Trinajstić information content (AvgIpc) is 2.20. The molecule has 1 unspecified atom stereocenters. The first kappa shape index (κ1) is 16.2. The van der Waals surface area contributed by atoms with Crippen LogP contribution < -0.4 is 10.5 Å². The van der Waals surface area contributed by atoms with Crippen molar-refractivity contribution in [1.82, 2.24) is 9.62 Å². The first-order valence-electron chi connectivity index (χ1n) is 5.86. The number of nitrogen functional groups attached to an aromatic ring is 1. The average molecular weight is 306 g/mol. The van der Waals surface area contributed by atoms with Crippen LogP contribution in [0.15, 0.2) is 17.0 Å². The maximum atomic E-state index is 12.2. The van der Waals surface area contributed by atoms with Crippen molar-refractivity contribution in [2.45, 2.75) is 24.8 Å². The highest BCUT2D eigenvalue weighted by Gasteiger charge is 2.21. The number of aryl methyl sites for hydroxylation is 1. The molecule has 1 aromatic carbocycles. The van der Waals surface area contributed by atoms with Gasteiger partial charge in [0.05, 0.1) is 5.02 Å². The SMILES string of the molecule is Cc1cc(Cl)c(S(=O)(=O)NC(C)CN(C)C)cc1N. The molecule has 0 heterocycles. The summed E-state index contributed by atoms with van der Waals surface area (Å²) in [5.74, 6) is 0. The van der Waals surface area contributed by atoms with Crippen molar-refractivity contribution >= 4 is 27.3 Å². The highest BCUT2D eigenvalue weighted by atomic mass is 35.5. The smallest absolute Gasteiger partial charge is 0.242 e. The zero-order valence-electron chi connectivity index (χ0n) is 11.6. The van der Waals surface area contributed by atoms with Crippen molar-refractivity contribution in [3.8, 4) is 0 Å². The van der Waals surface area contributed by atoms with E-state index in [1.54, 1.807) is 19.9 Å². The van der Waals surface area contributed by atoms with E-state index in [9.17, 15) is 8.42 Å². The van der Waals surface area contributed by atoms with Gasteiger partial charge in [0.1, 0.15) is 4.90 Å². The molecule has 108 valence electrons. The van der Waals surface area contributed by atoms with Crippen molar-refractivity contribution in [2.24, 2.45) is 0 Å². The van der Waals surface area contributed by atoms with Gasteiger partial charge >= 0.3 is 0 Å². The van der Waals surface area contributed by atoms with Crippen LogP contribution in [0.4, 0.5) is 5.69 Å². The first-order chi connectivity index (χ1) is 8.63. The van der Waals surface area contributed by atoms with E-state index in [0.717, 1.165) is 5.56 Å². The minimum atomic E-state index is -3.66. The number of sulfonamides is 1. The quantitative estimate of drug-likeness (QED) is 0.808. The molecule has 0 aromatic heterocycles. The topological polar surface area (TPSA) is 75.4 Å². The Morgan fingerprint density at radius 3 is 2.53 bits per heavy atom. The number of nitrogens with two attached hydrogens (primary N) is 1. The molecule has 19 heavy (non-hydrogen) atoms. The summed E-state index contributed by atoms with van der Waals surface area (Å²) in [5.41, 5.74) is 6.90. The molecule has 7 heteroatoms. The largest absolute Gasteiger partial charge is 0.398 e. The summed E-state index contributed by atoms with van der Waals surface area (Å²) in [6.07, 6.45) is 0. The van der Waals surface area contributed by atoms with Crippen molar-refractivity contribution in [1.29, 1.82) is 0 Å².